The highest BCUT2D eigenvalue weighted by atomic mass is 19.1. The molecule has 1 N–H and O–H groups in total. The fourth-order valence-corrected chi connectivity index (χ4v) is 2.47. The summed E-state index contributed by atoms with van der Waals surface area (Å²) in [5, 5.41) is 2.99. The summed E-state index contributed by atoms with van der Waals surface area (Å²) in [6.07, 6.45) is 2.69. The third-order valence-corrected chi connectivity index (χ3v) is 3.33. The first kappa shape index (κ1) is 17.1. The van der Waals surface area contributed by atoms with Gasteiger partial charge < -0.3 is 5.32 Å². The predicted molar refractivity (Wildman–Crippen MR) is 86.0 cm³/mol. The first-order chi connectivity index (χ1) is 11.7. The lowest BCUT2D eigenvalue weighted by Crippen LogP contribution is -2.27. The summed E-state index contributed by atoms with van der Waals surface area (Å²) in [4.78, 5) is 11.7. The van der Waals surface area contributed by atoms with E-state index in [0.29, 0.717) is 12.1 Å². The van der Waals surface area contributed by atoms with E-state index in [4.69, 9.17) is 0 Å². The average Bonchev–Trinajstić information content (AvgIpc) is 2.47. The van der Waals surface area contributed by atoms with Crippen LogP contribution in [0.25, 0.3) is 22.3 Å². The number of pyridine rings is 1. The SMILES string of the molecule is CC(C)(C)Nc1c(-c2c(F)cc(F)cc2F)c(F)nc2nccnc12. The van der Waals surface area contributed by atoms with E-state index in [2.05, 4.69) is 20.3 Å². The van der Waals surface area contributed by atoms with Gasteiger partial charge in [0.1, 0.15) is 23.0 Å². The van der Waals surface area contributed by atoms with E-state index in [9.17, 15) is 17.6 Å². The molecule has 0 radical (unpaired) electrons. The van der Waals surface area contributed by atoms with Crippen LogP contribution in [0.15, 0.2) is 24.5 Å². The molecule has 25 heavy (non-hydrogen) atoms. The fourth-order valence-electron chi connectivity index (χ4n) is 2.47. The largest absolute Gasteiger partial charge is 0.378 e. The van der Waals surface area contributed by atoms with E-state index >= 15 is 0 Å². The third-order valence-electron chi connectivity index (χ3n) is 3.33. The van der Waals surface area contributed by atoms with Crippen molar-refractivity contribution in [3.63, 3.8) is 0 Å². The summed E-state index contributed by atoms with van der Waals surface area (Å²) < 4.78 is 56.4. The molecule has 4 nitrogen and oxygen atoms in total. The second-order valence-corrected chi connectivity index (χ2v) is 6.50. The molecule has 0 aliphatic heterocycles. The smallest absolute Gasteiger partial charge is 0.225 e. The molecule has 2 aromatic heterocycles. The highest BCUT2D eigenvalue weighted by molar-refractivity contribution is 5.96. The van der Waals surface area contributed by atoms with Crippen molar-refractivity contribution in [1.82, 2.24) is 15.0 Å². The summed E-state index contributed by atoms with van der Waals surface area (Å²) in [7, 11) is 0. The molecule has 0 saturated carbocycles. The van der Waals surface area contributed by atoms with Gasteiger partial charge in [-0.2, -0.15) is 9.37 Å². The predicted octanol–water partition coefficient (Wildman–Crippen LogP) is 4.46. The molecule has 0 aliphatic rings. The fraction of sp³-hybridized carbons (Fsp3) is 0.235. The molecular weight excluding hydrogens is 336 g/mol. The van der Waals surface area contributed by atoms with Gasteiger partial charge in [-0.05, 0) is 20.8 Å². The lowest BCUT2D eigenvalue weighted by molar-refractivity contribution is 0.541. The maximum Gasteiger partial charge on any atom is 0.225 e. The number of nitrogens with one attached hydrogen (secondary N) is 1. The van der Waals surface area contributed by atoms with Crippen molar-refractivity contribution in [2.24, 2.45) is 0 Å². The number of halogens is 4. The van der Waals surface area contributed by atoms with Crippen LogP contribution < -0.4 is 5.32 Å². The van der Waals surface area contributed by atoms with Gasteiger partial charge in [0.15, 0.2) is 5.65 Å². The number of rotatable bonds is 2. The lowest BCUT2D eigenvalue weighted by Gasteiger charge is -2.25. The van der Waals surface area contributed by atoms with E-state index in [1.165, 1.54) is 12.4 Å². The second kappa shape index (κ2) is 5.94. The third kappa shape index (κ3) is 3.24. The minimum Gasteiger partial charge on any atom is -0.378 e. The summed E-state index contributed by atoms with van der Waals surface area (Å²) in [5.41, 5.74) is -1.59. The molecule has 1 aromatic carbocycles. The van der Waals surface area contributed by atoms with Crippen LogP contribution in [-0.2, 0) is 0 Å². The summed E-state index contributed by atoms with van der Waals surface area (Å²) >= 11 is 0. The standard InChI is InChI=1S/C17H14F4N4/c1-17(2,3)25-13-12(11-9(19)6-8(18)7-10(11)20)15(21)24-16-14(13)22-4-5-23-16/h4-7H,1-3H3,(H,23,24,25). The maximum absolute atomic E-state index is 14.7. The van der Waals surface area contributed by atoms with Crippen LogP contribution in [0.1, 0.15) is 20.8 Å². The lowest BCUT2D eigenvalue weighted by atomic mass is 10.0. The van der Waals surface area contributed by atoms with Crippen LogP contribution in [0, 0.1) is 23.4 Å². The van der Waals surface area contributed by atoms with E-state index in [1.807, 2.05) is 0 Å². The molecule has 0 spiro atoms. The normalized spacial score (nSPS) is 11.8. The first-order valence-corrected chi connectivity index (χ1v) is 7.40. The highest BCUT2D eigenvalue weighted by Crippen LogP contribution is 2.38. The quantitative estimate of drug-likeness (QED) is 0.548. The van der Waals surface area contributed by atoms with Gasteiger partial charge in [-0.1, -0.05) is 0 Å². The van der Waals surface area contributed by atoms with Crippen molar-refractivity contribution in [3.8, 4) is 11.1 Å². The van der Waals surface area contributed by atoms with Crippen molar-refractivity contribution < 1.29 is 17.6 Å². The highest BCUT2D eigenvalue weighted by Gasteiger charge is 2.26. The minimum atomic E-state index is -1.24. The molecule has 0 amide bonds. The molecule has 8 heteroatoms. The zero-order chi connectivity index (χ0) is 18.4. The molecule has 0 aliphatic carbocycles. The second-order valence-electron chi connectivity index (χ2n) is 6.50. The Balaban J connectivity index is 2.42. The number of benzene rings is 1. The molecule has 0 fully saturated rings. The zero-order valence-electron chi connectivity index (χ0n) is 13.7. The van der Waals surface area contributed by atoms with Gasteiger partial charge in [-0.15, -0.1) is 0 Å². The Morgan fingerprint density at radius 3 is 2.08 bits per heavy atom. The van der Waals surface area contributed by atoms with Crippen LogP contribution in [0.5, 0.6) is 0 Å². The molecular formula is C17H14F4N4. The minimum absolute atomic E-state index is 0.0153. The van der Waals surface area contributed by atoms with Crippen LogP contribution in [-0.4, -0.2) is 20.5 Å². The Hall–Kier alpha value is -2.77. The van der Waals surface area contributed by atoms with Crippen molar-refractivity contribution >= 4 is 16.9 Å². The van der Waals surface area contributed by atoms with Crippen LogP contribution in [0.2, 0.25) is 0 Å². The Bertz CT molecular complexity index is 944. The topological polar surface area (TPSA) is 50.7 Å². The van der Waals surface area contributed by atoms with E-state index < -0.39 is 40.1 Å². The first-order valence-electron chi connectivity index (χ1n) is 7.40. The summed E-state index contributed by atoms with van der Waals surface area (Å²) in [6.45, 7) is 5.36. The average molecular weight is 350 g/mol. The van der Waals surface area contributed by atoms with E-state index in [-0.39, 0.29) is 16.9 Å². The molecule has 3 aromatic rings. The number of hydrogen-bond donors (Lipinski definition) is 1. The monoisotopic (exact) mass is 350 g/mol. The van der Waals surface area contributed by atoms with Crippen molar-refractivity contribution in [2.75, 3.05) is 5.32 Å². The number of fused-ring (bicyclic) bond motifs is 1. The van der Waals surface area contributed by atoms with Crippen molar-refractivity contribution in [1.29, 1.82) is 0 Å². The van der Waals surface area contributed by atoms with Crippen LogP contribution in [0.4, 0.5) is 23.2 Å². The molecule has 0 saturated heterocycles. The Morgan fingerprint density at radius 1 is 0.880 bits per heavy atom. The van der Waals surface area contributed by atoms with Gasteiger partial charge in [0.05, 0.1) is 16.8 Å². The summed E-state index contributed by atoms with van der Waals surface area (Å²) in [6, 6.07) is 0.971. The zero-order valence-corrected chi connectivity index (χ0v) is 13.7. The Kier molecular flexibility index (Phi) is 4.06. The molecule has 0 unspecified atom stereocenters. The van der Waals surface area contributed by atoms with Gasteiger partial charge in [-0.3, -0.25) is 0 Å². The summed E-state index contributed by atoms with van der Waals surface area (Å²) in [5.74, 6) is -4.71. The van der Waals surface area contributed by atoms with Crippen LogP contribution >= 0.6 is 0 Å². The Labute approximate surface area is 141 Å². The van der Waals surface area contributed by atoms with E-state index in [1.54, 1.807) is 20.8 Å². The molecule has 130 valence electrons. The Morgan fingerprint density at radius 2 is 1.48 bits per heavy atom. The van der Waals surface area contributed by atoms with Gasteiger partial charge in [0, 0.05) is 30.1 Å². The number of anilines is 1. The number of nitrogens with zero attached hydrogens (tertiary/aromatic N) is 3. The molecule has 3 rings (SSSR count). The van der Waals surface area contributed by atoms with Gasteiger partial charge in [-0.25, -0.2) is 23.1 Å². The molecule has 0 bridgehead atoms. The van der Waals surface area contributed by atoms with Crippen molar-refractivity contribution in [3.05, 3.63) is 47.9 Å². The van der Waals surface area contributed by atoms with E-state index in [0.717, 1.165) is 0 Å². The van der Waals surface area contributed by atoms with Gasteiger partial charge in [0.2, 0.25) is 5.95 Å². The van der Waals surface area contributed by atoms with Crippen molar-refractivity contribution in [2.45, 2.75) is 26.3 Å². The van der Waals surface area contributed by atoms with Gasteiger partial charge in [0.25, 0.3) is 0 Å². The number of aromatic nitrogens is 3. The molecule has 2 heterocycles. The number of hydrogen-bond acceptors (Lipinski definition) is 4. The maximum atomic E-state index is 14.7. The van der Waals surface area contributed by atoms with Gasteiger partial charge >= 0.3 is 0 Å². The van der Waals surface area contributed by atoms with Crippen LogP contribution in [0.3, 0.4) is 0 Å². The molecule has 0 atom stereocenters.